The predicted molar refractivity (Wildman–Crippen MR) is 100 cm³/mol. The van der Waals surface area contributed by atoms with Gasteiger partial charge in [-0.15, -0.1) is 0 Å². The highest BCUT2D eigenvalue weighted by molar-refractivity contribution is 14.1. The number of aliphatic hydroxyl groups is 1. The van der Waals surface area contributed by atoms with Gasteiger partial charge >= 0.3 is 5.82 Å². The largest absolute Gasteiger partial charge is 0.389 e. The van der Waals surface area contributed by atoms with E-state index in [2.05, 4.69) is 77.7 Å². The molecule has 0 saturated heterocycles. The quantitative estimate of drug-likeness (QED) is 0.311. The first-order valence-corrected chi connectivity index (χ1v) is 8.96. The van der Waals surface area contributed by atoms with E-state index in [1.807, 2.05) is 4.57 Å². The molecule has 8 nitrogen and oxygen atoms in total. The molecule has 2 aromatic rings. The summed E-state index contributed by atoms with van der Waals surface area (Å²) in [5.74, 6) is 0.298. The molecule has 0 bridgehead atoms. The average Bonchev–Trinajstić information content (AvgIpc) is 2.86. The highest BCUT2D eigenvalue weighted by Gasteiger charge is 2.19. The third kappa shape index (κ3) is 4.04. The molecule has 0 aliphatic rings. The Hall–Kier alpha value is -0.0300. The van der Waals surface area contributed by atoms with Crippen molar-refractivity contribution in [1.82, 2.24) is 19.1 Å². The van der Waals surface area contributed by atoms with Gasteiger partial charge in [0.15, 0.2) is 3.83 Å². The van der Waals surface area contributed by atoms with Crippen molar-refractivity contribution in [2.45, 2.75) is 26.1 Å². The molecule has 114 valence electrons. The van der Waals surface area contributed by atoms with Crippen LogP contribution in [0.3, 0.4) is 0 Å². The molecule has 2 heterocycles. The Labute approximate surface area is 160 Å². The van der Waals surface area contributed by atoms with Crippen LogP contribution < -0.4 is 0 Å². The number of nitrogens with zero attached hydrogens (tertiary/aromatic N) is 5. The Morgan fingerprint density at radius 2 is 2.05 bits per heavy atom. The number of hydrogen-bond acceptors (Lipinski definition) is 5. The summed E-state index contributed by atoms with van der Waals surface area (Å²) in [6, 6.07) is 0. The van der Waals surface area contributed by atoms with E-state index < -0.39 is 11.0 Å². The van der Waals surface area contributed by atoms with Gasteiger partial charge in [0.05, 0.1) is 19.2 Å². The average molecular weight is 629 g/mol. The number of imidazole rings is 2. The fourth-order valence-corrected chi connectivity index (χ4v) is 4.46. The Bertz CT molecular complexity index is 684. The summed E-state index contributed by atoms with van der Waals surface area (Å²) in [7, 11) is 0. The Morgan fingerprint density at radius 1 is 1.38 bits per heavy atom. The number of halogens is 3. The Kier molecular flexibility index (Phi) is 5.80. The van der Waals surface area contributed by atoms with Crippen LogP contribution in [0.25, 0.3) is 0 Å². The lowest BCUT2D eigenvalue weighted by molar-refractivity contribution is -0.389. The van der Waals surface area contributed by atoms with Crippen LogP contribution in [0.5, 0.6) is 0 Å². The van der Waals surface area contributed by atoms with Crippen LogP contribution in [0, 0.1) is 28.3 Å². The van der Waals surface area contributed by atoms with Gasteiger partial charge < -0.3 is 24.4 Å². The van der Waals surface area contributed by atoms with Crippen molar-refractivity contribution in [3.63, 3.8) is 0 Å². The van der Waals surface area contributed by atoms with Crippen LogP contribution >= 0.6 is 67.8 Å². The van der Waals surface area contributed by atoms with Gasteiger partial charge in [0, 0.05) is 6.92 Å². The molecule has 11 heteroatoms. The third-order valence-electron chi connectivity index (χ3n) is 2.77. The number of nitro groups is 1. The van der Waals surface area contributed by atoms with E-state index in [1.165, 1.54) is 6.20 Å². The second-order valence-corrected chi connectivity index (χ2v) is 7.29. The van der Waals surface area contributed by atoms with Crippen LogP contribution in [0.15, 0.2) is 6.20 Å². The summed E-state index contributed by atoms with van der Waals surface area (Å²) in [5.41, 5.74) is 0. The highest BCUT2D eigenvalue weighted by atomic mass is 127. The Balaban J connectivity index is 2.11. The molecule has 0 aliphatic carbocycles. The highest BCUT2D eigenvalue weighted by Crippen LogP contribution is 2.19. The van der Waals surface area contributed by atoms with E-state index >= 15 is 0 Å². The minimum Gasteiger partial charge on any atom is -0.389 e. The van der Waals surface area contributed by atoms with Crippen LogP contribution in [0.2, 0.25) is 0 Å². The zero-order valence-electron chi connectivity index (χ0n) is 10.7. The molecule has 0 fully saturated rings. The van der Waals surface area contributed by atoms with Gasteiger partial charge in [0.1, 0.15) is 13.6 Å². The van der Waals surface area contributed by atoms with Crippen molar-refractivity contribution in [1.29, 1.82) is 0 Å². The van der Waals surface area contributed by atoms with Crippen molar-refractivity contribution < 1.29 is 10.0 Å². The first-order valence-electron chi connectivity index (χ1n) is 5.72. The zero-order chi connectivity index (χ0) is 15.7. The van der Waals surface area contributed by atoms with Gasteiger partial charge in [-0.2, -0.15) is 0 Å². The summed E-state index contributed by atoms with van der Waals surface area (Å²) >= 11 is 6.43. The molecule has 0 aliphatic heterocycles. The summed E-state index contributed by atoms with van der Waals surface area (Å²) in [5, 5.41) is 20.9. The van der Waals surface area contributed by atoms with Gasteiger partial charge in [-0.1, -0.05) is 0 Å². The first-order chi connectivity index (χ1) is 9.79. The molecular formula is C10H10I3N5O3. The molecule has 1 unspecified atom stereocenters. The van der Waals surface area contributed by atoms with E-state index in [4.69, 9.17) is 0 Å². The lowest BCUT2D eigenvalue weighted by atomic mass is 10.3. The van der Waals surface area contributed by atoms with E-state index in [1.54, 1.807) is 11.5 Å². The third-order valence-corrected chi connectivity index (χ3v) is 6.47. The maximum Gasteiger partial charge on any atom is 0.381 e. The van der Waals surface area contributed by atoms with Gasteiger partial charge in [-0.05, 0) is 77.7 Å². The molecule has 0 aromatic carbocycles. The summed E-state index contributed by atoms with van der Waals surface area (Å²) in [4.78, 5) is 18.3. The SMILES string of the molecule is Cc1nc([N+](=O)[O-])cn1CC(O)Cn1c(I)nc(I)c1I. The van der Waals surface area contributed by atoms with Crippen LogP contribution in [-0.4, -0.2) is 35.2 Å². The summed E-state index contributed by atoms with van der Waals surface area (Å²) in [6.07, 6.45) is 0.649. The van der Waals surface area contributed by atoms with Crippen LogP contribution in [-0.2, 0) is 13.1 Å². The number of aliphatic hydroxyl groups excluding tert-OH is 1. The molecule has 1 atom stereocenters. The van der Waals surface area contributed by atoms with Crippen LogP contribution in [0.4, 0.5) is 5.82 Å². The first kappa shape index (κ1) is 17.3. The van der Waals surface area contributed by atoms with E-state index in [-0.39, 0.29) is 12.4 Å². The van der Waals surface area contributed by atoms with Crippen molar-refractivity contribution in [3.8, 4) is 0 Å². The fourth-order valence-electron chi connectivity index (χ4n) is 1.80. The standard InChI is InChI=1S/C10H10I3N5O3/c1-5-14-7(18(20)21)4-16(5)2-6(19)3-17-9(12)8(11)15-10(17)13/h4,6,19H,2-3H2,1H3. The lowest BCUT2D eigenvalue weighted by Gasteiger charge is -2.13. The second kappa shape index (κ2) is 7.03. The maximum atomic E-state index is 10.7. The minimum atomic E-state index is -0.690. The normalized spacial score (nSPS) is 12.6. The molecule has 0 saturated carbocycles. The molecule has 0 spiro atoms. The number of aromatic nitrogens is 4. The molecule has 2 aromatic heterocycles. The van der Waals surface area contributed by atoms with E-state index in [0.29, 0.717) is 12.4 Å². The van der Waals surface area contributed by atoms with E-state index in [9.17, 15) is 15.2 Å². The molecule has 21 heavy (non-hydrogen) atoms. The van der Waals surface area contributed by atoms with Crippen molar-refractivity contribution in [3.05, 3.63) is 33.4 Å². The second-order valence-electron chi connectivity index (χ2n) is 4.28. The number of hydrogen-bond donors (Lipinski definition) is 1. The summed E-state index contributed by atoms with van der Waals surface area (Å²) < 4.78 is 6.15. The topological polar surface area (TPSA) is 99.0 Å². The van der Waals surface area contributed by atoms with Gasteiger partial charge in [0.2, 0.25) is 5.82 Å². The lowest BCUT2D eigenvalue weighted by Crippen LogP contribution is -2.23. The summed E-state index contributed by atoms with van der Waals surface area (Å²) in [6.45, 7) is 2.29. The van der Waals surface area contributed by atoms with Crippen LogP contribution in [0.1, 0.15) is 5.82 Å². The number of rotatable bonds is 5. The zero-order valence-corrected chi connectivity index (χ0v) is 17.2. The molecule has 2 rings (SSSR count). The molecule has 0 amide bonds. The van der Waals surface area contributed by atoms with Gasteiger partial charge in [-0.3, -0.25) is 0 Å². The fraction of sp³-hybridized carbons (Fsp3) is 0.400. The van der Waals surface area contributed by atoms with Crippen molar-refractivity contribution >= 4 is 73.6 Å². The van der Waals surface area contributed by atoms with Gasteiger partial charge in [0.25, 0.3) is 0 Å². The maximum absolute atomic E-state index is 10.7. The monoisotopic (exact) mass is 629 g/mol. The molecule has 0 radical (unpaired) electrons. The predicted octanol–water partition coefficient (Wildman–Crippen LogP) is 2.17. The molecular weight excluding hydrogens is 619 g/mol. The van der Waals surface area contributed by atoms with Crippen molar-refractivity contribution in [2.24, 2.45) is 0 Å². The smallest absolute Gasteiger partial charge is 0.381 e. The van der Waals surface area contributed by atoms with E-state index in [0.717, 1.165) is 11.2 Å². The van der Waals surface area contributed by atoms with Gasteiger partial charge in [-0.25, -0.2) is 4.98 Å². The Morgan fingerprint density at radius 3 is 2.52 bits per heavy atom. The van der Waals surface area contributed by atoms with Crippen molar-refractivity contribution in [2.75, 3.05) is 0 Å². The number of aryl methyl sites for hydroxylation is 1. The minimum absolute atomic E-state index is 0.207. The molecule has 1 N–H and O–H groups in total.